The Labute approximate surface area is 95.3 Å². The topological polar surface area (TPSA) is 63.3 Å². The molecule has 3 N–H and O–H groups in total. The lowest BCUT2D eigenvalue weighted by Crippen LogP contribution is -2.14. The van der Waals surface area contributed by atoms with Crippen LogP contribution in [0.5, 0.6) is 5.75 Å². The van der Waals surface area contributed by atoms with E-state index in [0.29, 0.717) is 11.5 Å². The smallest absolute Gasteiger partial charge is 0.221 e. The lowest BCUT2D eigenvalue weighted by atomic mass is 9.94. The van der Waals surface area contributed by atoms with Crippen molar-refractivity contribution in [3.8, 4) is 5.75 Å². The van der Waals surface area contributed by atoms with Gasteiger partial charge in [-0.25, -0.2) is 0 Å². The number of phenolic OH excluding ortho intramolecular Hbond substituents is 1. The van der Waals surface area contributed by atoms with Crippen LogP contribution >= 0.6 is 0 Å². The molecule has 1 saturated carbocycles. The summed E-state index contributed by atoms with van der Waals surface area (Å²) in [6.45, 7) is 0. The molecule has 1 fully saturated rings. The average molecular weight is 219 g/mol. The van der Waals surface area contributed by atoms with E-state index in [1.54, 1.807) is 6.07 Å². The molecule has 16 heavy (non-hydrogen) atoms. The van der Waals surface area contributed by atoms with Crippen molar-refractivity contribution < 1.29 is 9.90 Å². The molecular weight excluding hydrogens is 202 g/mol. The number of aromatic hydroxyl groups is 1. The molecule has 0 atom stereocenters. The van der Waals surface area contributed by atoms with E-state index in [1.807, 2.05) is 12.1 Å². The van der Waals surface area contributed by atoms with Crippen LogP contribution in [0.2, 0.25) is 0 Å². The molecule has 0 heterocycles. The van der Waals surface area contributed by atoms with Gasteiger partial charge in [0.15, 0.2) is 0 Å². The largest absolute Gasteiger partial charge is 0.507 e. The highest BCUT2D eigenvalue weighted by Gasteiger charge is 2.21. The molecule has 1 aromatic rings. The Bertz CT molecular complexity index is 395. The molecule has 0 spiro atoms. The predicted molar refractivity (Wildman–Crippen MR) is 62.2 cm³/mol. The predicted octanol–water partition coefficient (Wildman–Crippen LogP) is 2.08. The normalized spacial score (nSPS) is 16.5. The van der Waals surface area contributed by atoms with Gasteiger partial charge in [0, 0.05) is 5.56 Å². The van der Waals surface area contributed by atoms with Gasteiger partial charge in [-0.15, -0.1) is 0 Å². The number of carbonyl (C=O) groups is 1. The Morgan fingerprint density at radius 1 is 1.38 bits per heavy atom. The Hall–Kier alpha value is -1.51. The number of hydrogen-bond donors (Lipinski definition) is 2. The lowest BCUT2D eigenvalue weighted by molar-refractivity contribution is -0.117. The first-order chi connectivity index (χ1) is 7.68. The molecule has 0 unspecified atom stereocenters. The maximum atomic E-state index is 10.9. The zero-order chi connectivity index (χ0) is 11.5. The molecule has 0 radical (unpaired) electrons. The van der Waals surface area contributed by atoms with E-state index >= 15 is 0 Å². The summed E-state index contributed by atoms with van der Waals surface area (Å²) in [4.78, 5) is 10.9. The quantitative estimate of drug-likeness (QED) is 0.817. The third kappa shape index (κ3) is 2.18. The minimum absolute atomic E-state index is 0.117. The number of phenols is 1. The summed E-state index contributed by atoms with van der Waals surface area (Å²) in [5.41, 5.74) is 6.78. The van der Waals surface area contributed by atoms with Crippen molar-refractivity contribution in [3.63, 3.8) is 0 Å². The van der Waals surface area contributed by atoms with Gasteiger partial charge < -0.3 is 10.8 Å². The molecule has 1 aromatic carbocycles. The van der Waals surface area contributed by atoms with Crippen LogP contribution in [0.25, 0.3) is 0 Å². The number of hydrogen-bond acceptors (Lipinski definition) is 2. The Morgan fingerprint density at radius 3 is 2.69 bits per heavy atom. The average Bonchev–Trinajstić information content (AvgIpc) is 2.73. The third-order valence-corrected chi connectivity index (χ3v) is 3.31. The molecule has 0 saturated heterocycles. The van der Waals surface area contributed by atoms with Crippen molar-refractivity contribution in [1.82, 2.24) is 0 Å². The van der Waals surface area contributed by atoms with Crippen LogP contribution in [0.1, 0.15) is 42.7 Å². The monoisotopic (exact) mass is 219 g/mol. The molecule has 1 aliphatic carbocycles. The van der Waals surface area contributed by atoms with E-state index in [2.05, 4.69) is 0 Å². The maximum absolute atomic E-state index is 10.9. The van der Waals surface area contributed by atoms with Crippen LogP contribution < -0.4 is 5.73 Å². The van der Waals surface area contributed by atoms with E-state index in [0.717, 1.165) is 18.4 Å². The van der Waals surface area contributed by atoms with Crippen molar-refractivity contribution in [3.05, 3.63) is 29.3 Å². The molecular formula is C13H17NO2. The number of carbonyl (C=O) groups excluding carboxylic acids is 1. The molecule has 0 aromatic heterocycles. The molecule has 1 aliphatic rings. The molecule has 0 aliphatic heterocycles. The summed E-state index contributed by atoms with van der Waals surface area (Å²) in [6, 6.07) is 5.61. The summed E-state index contributed by atoms with van der Waals surface area (Å²) in [7, 11) is 0. The highest BCUT2D eigenvalue weighted by Crippen LogP contribution is 2.39. The highest BCUT2D eigenvalue weighted by molar-refractivity contribution is 5.77. The molecule has 86 valence electrons. The summed E-state index contributed by atoms with van der Waals surface area (Å²) in [5, 5.41) is 10.1. The first kappa shape index (κ1) is 11.0. The number of nitrogens with two attached hydrogens (primary N) is 1. The van der Waals surface area contributed by atoms with E-state index in [4.69, 9.17) is 5.73 Å². The third-order valence-electron chi connectivity index (χ3n) is 3.31. The molecule has 2 rings (SSSR count). The number of benzene rings is 1. The zero-order valence-electron chi connectivity index (χ0n) is 9.28. The first-order valence-corrected chi connectivity index (χ1v) is 5.77. The second kappa shape index (κ2) is 4.56. The van der Waals surface area contributed by atoms with Gasteiger partial charge in [0.25, 0.3) is 0 Å². The Morgan fingerprint density at radius 2 is 2.06 bits per heavy atom. The summed E-state index contributed by atoms with van der Waals surface area (Å²) < 4.78 is 0. The summed E-state index contributed by atoms with van der Waals surface area (Å²) in [5.74, 6) is 0.319. The molecule has 3 heteroatoms. The molecule has 1 amide bonds. The minimum atomic E-state index is -0.404. The van der Waals surface area contributed by atoms with E-state index in [9.17, 15) is 9.90 Å². The van der Waals surface area contributed by atoms with E-state index < -0.39 is 5.91 Å². The highest BCUT2D eigenvalue weighted by atomic mass is 16.3. The van der Waals surface area contributed by atoms with Crippen molar-refractivity contribution >= 4 is 5.91 Å². The van der Waals surface area contributed by atoms with Crippen molar-refractivity contribution in [2.24, 2.45) is 5.73 Å². The van der Waals surface area contributed by atoms with Crippen LogP contribution in [-0.4, -0.2) is 11.0 Å². The van der Waals surface area contributed by atoms with Crippen LogP contribution in [0, 0.1) is 0 Å². The van der Waals surface area contributed by atoms with Gasteiger partial charge in [-0.2, -0.15) is 0 Å². The van der Waals surface area contributed by atoms with Crippen molar-refractivity contribution in [2.75, 3.05) is 0 Å². The Kier molecular flexibility index (Phi) is 3.13. The number of para-hydroxylation sites is 1. The van der Waals surface area contributed by atoms with Crippen molar-refractivity contribution in [2.45, 2.75) is 38.0 Å². The lowest BCUT2D eigenvalue weighted by Gasteiger charge is -2.14. The van der Waals surface area contributed by atoms with Gasteiger partial charge in [-0.1, -0.05) is 31.0 Å². The van der Waals surface area contributed by atoms with Crippen molar-refractivity contribution in [1.29, 1.82) is 0 Å². The fraction of sp³-hybridized carbons (Fsp3) is 0.462. The molecule has 0 bridgehead atoms. The maximum Gasteiger partial charge on any atom is 0.221 e. The van der Waals surface area contributed by atoms with Gasteiger partial charge in [0.1, 0.15) is 5.75 Å². The van der Waals surface area contributed by atoms with Crippen LogP contribution in [0.4, 0.5) is 0 Å². The second-order valence-corrected chi connectivity index (χ2v) is 4.48. The van der Waals surface area contributed by atoms with Crippen LogP contribution in [-0.2, 0) is 11.2 Å². The standard InChI is InChI=1S/C13H17NO2/c14-12(15)8-10-6-3-7-11(13(10)16)9-4-1-2-5-9/h3,6-7,9,16H,1-2,4-5,8H2,(H2,14,15). The van der Waals surface area contributed by atoms with E-state index in [-0.39, 0.29) is 12.2 Å². The van der Waals surface area contributed by atoms with E-state index in [1.165, 1.54) is 12.8 Å². The fourth-order valence-electron chi connectivity index (χ4n) is 2.51. The van der Waals surface area contributed by atoms with Gasteiger partial charge >= 0.3 is 0 Å². The van der Waals surface area contributed by atoms with Crippen LogP contribution in [0.3, 0.4) is 0 Å². The number of primary amides is 1. The number of rotatable bonds is 3. The summed E-state index contributed by atoms with van der Waals surface area (Å²) in [6.07, 6.45) is 4.84. The minimum Gasteiger partial charge on any atom is -0.507 e. The fourth-order valence-corrected chi connectivity index (χ4v) is 2.51. The van der Waals surface area contributed by atoms with Gasteiger partial charge in [-0.3, -0.25) is 4.79 Å². The SMILES string of the molecule is NC(=O)Cc1cccc(C2CCCC2)c1O. The van der Waals surface area contributed by atoms with Gasteiger partial charge in [0.05, 0.1) is 6.42 Å². The molecule has 3 nitrogen and oxygen atoms in total. The number of amides is 1. The zero-order valence-corrected chi connectivity index (χ0v) is 9.28. The second-order valence-electron chi connectivity index (χ2n) is 4.48. The Balaban J connectivity index is 2.28. The van der Waals surface area contributed by atoms with Gasteiger partial charge in [0.2, 0.25) is 5.91 Å². The van der Waals surface area contributed by atoms with Gasteiger partial charge in [-0.05, 0) is 24.3 Å². The van der Waals surface area contributed by atoms with Crippen LogP contribution in [0.15, 0.2) is 18.2 Å². The first-order valence-electron chi connectivity index (χ1n) is 5.77. The summed E-state index contributed by atoms with van der Waals surface area (Å²) >= 11 is 0.